The van der Waals surface area contributed by atoms with E-state index in [1.54, 1.807) is 0 Å². The van der Waals surface area contributed by atoms with Crippen LogP contribution in [-0.2, 0) is 9.59 Å². The number of likely N-dealkylation sites (N-methyl/N-ethyl adjacent to an activating group) is 1. The molecule has 0 radical (unpaired) electrons. The van der Waals surface area contributed by atoms with Crippen LogP contribution in [0.5, 0.6) is 5.75 Å². The summed E-state index contributed by atoms with van der Waals surface area (Å²) in [6.07, 6.45) is 0. The van der Waals surface area contributed by atoms with Crippen molar-refractivity contribution in [1.82, 2.24) is 10.2 Å². The Labute approximate surface area is 128 Å². The van der Waals surface area contributed by atoms with Crippen LogP contribution < -0.4 is 10.1 Å². The highest BCUT2D eigenvalue weighted by Crippen LogP contribution is 2.17. The van der Waals surface area contributed by atoms with Gasteiger partial charge in [0.2, 0.25) is 5.91 Å². The number of rotatable bonds is 5. The van der Waals surface area contributed by atoms with Crippen molar-refractivity contribution in [1.29, 1.82) is 0 Å². The summed E-state index contributed by atoms with van der Waals surface area (Å²) in [4.78, 5) is 24.7. The predicted octanol–water partition coefficient (Wildman–Crippen LogP) is 1.72. The Morgan fingerprint density at radius 3 is 2.45 bits per heavy atom. The standard InChI is InChI=1S/C15H20F2N2O3/c1-15(2,3)18-13(20)8-19(4)14(21)9-22-12-6-5-10(16)7-11(12)17/h5-7H,8-9H2,1-4H3,(H,18,20). The molecule has 0 aromatic heterocycles. The first-order valence-corrected chi connectivity index (χ1v) is 6.71. The van der Waals surface area contributed by atoms with E-state index in [4.69, 9.17) is 4.74 Å². The van der Waals surface area contributed by atoms with Crippen molar-refractivity contribution in [3.63, 3.8) is 0 Å². The molecule has 0 unspecified atom stereocenters. The maximum atomic E-state index is 13.3. The van der Waals surface area contributed by atoms with Gasteiger partial charge in [0, 0.05) is 18.7 Å². The number of halogens is 2. The third-order valence-corrected chi connectivity index (χ3v) is 2.57. The first-order valence-electron chi connectivity index (χ1n) is 6.71. The monoisotopic (exact) mass is 314 g/mol. The van der Waals surface area contributed by atoms with Crippen molar-refractivity contribution in [3.05, 3.63) is 29.8 Å². The number of carbonyl (C=O) groups is 2. The van der Waals surface area contributed by atoms with Gasteiger partial charge < -0.3 is 15.0 Å². The average Bonchev–Trinajstić information content (AvgIpc) is 2.34. The predicted molar refractivity (Wildman–Crippen MR) is 77.4 cm³/mol. The van der Waals surface area contributed by atoms with Gasteiger partial charge in [-0.3, -0.25) is 9.59 Å². The number of ether oxygens (including phenoxy) is 1. The average molecular weight is 314 g/mol. The van der Waals surface area contributed by atoms with Gasteiger partial charge in [0.05, 0.1) is 6.54 Å². The summed E-state index contributed by atoms with van der Waals surface area (Å²) in [6.45, 7) is 4.90. The molecular weight excluding hydrogens is 294 g/mol. The molecular formula is C15H20F2N2O3. The first-order chi connectivity index (χ1) is 10.1. The number of hydrogen-bond donors (Lipinski definition) is 1. The summed E-state index contributed by atoms with van der Waals surface area (Å²) in [6, 6.07) is 2.80. The molecule has 22 heavy (non-hydrogen) atoms. The minimum absolute atomic E-state index is 0.134. The van der Waals surface area contributed by atoms with Crippen LogP contribution in [0.25, 0.3) is 0 Å². The fraction of sp³-hybridized carbons (Fsp3) is 0.467. The van der Waals surface area contributed by atoms with Gasteiger partial charge in [0.1, 0.15) is 5.82 Å². The zero-order chi connectivity index (χ0) is 16.9. The van der Waals surface area contributed by atoms with E-state index in [-0.39, 0.29) is 18.2 Å². The van der Waals surface area contributed by atoms with E-state index in [2.05, 4.69) is 5.32 Å². The largest absolute Gasteiger partial charge is 0.481 e. The summed E-state index contributed by atoms with van der Waals surface area (Å²) >= 11 is 0. The topological polar surface area (TPSA) is 58.6 Å². The molecule has 1 aromatic rings. The molecule has 2 amide bonds. The van der Waals surface area contributed by atoms with Crippen molar-refractivity contribution >= 4 is 11.8 Å². The minimum Gasteiger partial charge on any atom is -0.481 e. The highest BCUT2D eigenvalue weighted by Gasteiger charge is 2.18. The second-order valence-electron chi connectivity index (χ2n) is 5.91. The van der Waals surface area contributed by atoms with Crippen LogP contribution in [0.3, 0.4) is 0 Å². The molecule has 0 saturated heterocycles. The van der Waals surface area contributed by atoms with Crippen molar-refractivity contribution in [2.75, 3.05) is 20.2 Å². The number of carbonyl (C=O) groups excluding carboxylic acids is 2. The Morgan fingerprint density at radius 1 is 1.27 bits per heavy atom. The van der Waals surface area contributed by atoms with Crippen molar-refractivity contribution < 1.29 is 23.1 Å². The number of amides is 2. The maximum Gasteiger partial charge on any atom is 0.260 e. The van der Waals surface area contributed by atoms with Crippen LogP contribution in [0.1, 0.15) is 20.8 Å². The lowest BCUT2D eigenvalue weighted by Crippen LogP contribution is -2.47. The second kappa shape index (κ2) is 7.20. The number of nitrogens with one attached hydrogen (secondary N) is 1. The van der Waals surface area contributed by atoms with Crippen LogP contribution in [-0.4, -0.2) is 42.5 Å². The Hall–Kier alpha value is -2.18. The molecule has 1 rings (SSSR count). The lowest BCUT2D eigenvalue weighted by atomic mass is 10.1. The highest BCUT2D eigenvalue weighted by atomic mass is 19.1. The Kier molecular flexibility index (Phi) is 5.84. The van der Waals surface area contributed by atoms with Crippen molar-refractivity contribution in [3.8, 4) is 5.75 Å². The molecule has 1 aromatic carbocycles. The van der Waals surface area contributed by atoms with Gasteiger partial charge in [0.15, 0.2) is 18.2 Å². The van der Waals surface area contributed by atoms with E-state index in [1.165, 1.54) is 11.9 Å². The molecule has 0 aliphatic carbocycles. The second-order valence-corrected chi connectivity index (χ2v) is 5.91. The van der Waals surface area contributed by atoms with Crippen LogP contribution in [0.15, 0.2) is 18.2 Å². The lowest BCUT2D eigenvalue weighted by molar-refractivity contribution is -0.136. The van der Waals surface area contributed by atoms with E-state index in [0.717, 1.165) is 12.1 Å². The summed E-state index contributed by atoms with van der Waals surface area (Å²) < 4.78 is 31.1. The van der Waals surface area contributed by atoms with Gasteiger partial charge in [-0.15, -0.1) is 0 Å². The molecule has 1 N–H and O–H groups in total. The molecule has 0 spiro atoms. The Balaban J connectivity index is 2.49. The summed E-state index contributed by atoms with van der Waals surface area (Å²) in [5.41, 5.74) is -0.394. The zero-order valence-electron chi connectivity index (χ0n) is 13.1. The normalized spacial score (nSPS) is 11.0. The van der Waals surface area contributed by atoms with E-state index in [1.807, 2.05) is 20.8 Å². The van der Waals surface area contributed by atoms with E-state index in [0.29, 0.717) is 6.07 Å². The van der Waals surface area contributed by atoms with E-state index >= 15 is 0 Å². The SMILES string of the molecule is CN(CC(=O)NC(C)(C)C)C(=O)COc1ccc(F)cc1F. The molecule has 5 nitrogen and oxygen atoms in total. The first kappa shape index (κ1) is 17.9. The summed E-state index contributed by atoms with van der Waals surface area (Å²) in [7, 11) is 1.44. The number of benzene rings is 1. The Morgan fingerprint density at radius 2 is 1.91 bits per heavy atom. The van der Waals surface area contributed by atoms with Gasteiger partial charge in [-0.2, -0.15) is 0 Å². The number of hydrogen-bond acceptors (Lipinski definition) is 3. The summed E-state index contributed by atoms with van der Waals surface area (Å²) in [5, 5.41) is 2.72. The number of nitrogens with zero attached hydrogens (tertiary/aromatic N) is 1. The van der Waals surface area contributed by atoms with Gasteiger partial charge in [-0.05, 0) is 32.9 Å². The smallest absolute Gasteiger partial charge is 0.260 e. The fourth-order valence-corrected chi connectivity index (χ4v) is 1.60. The van der Waals surface area contributed by atoms with Gasteiger partial charge >= 0.3 is 0 Å². The van der Waals surface area contributed by atoms with Gasteiger partial charge in [-0.1, -0.05) is 0 Å². The molecule has 0 aliphatic rings. The van der Waals surface area contributed by atoms with Crippen LogP contribution in [0.4, 0.5) is 8.78 Å². The van der Waals surface area contributed by atoms with Crippen LogP contribution in [0.2, 0.25) is 0 Å². The molecule has 0 fully saturated rings. The van der Waals surface area contributed by atoms with Crippen LogP contribution >= 0.6 is 0 Å². The molecule has 0 heterocycles. The summed E-state index contributed by atoms with van der Waals surface area (Å²) in [5.74, 6) is -2.64. The minimum atomic E-state index is -0.888. The molecule has 7 heteroatoms. The molecule has 0 bridgehead atoms. The van der Waals surface area contributed by atoms with E-state index < -0.39 is 29.7 Å². The zero-order valence-corrected chi connectivity index (χ0v) is 13.1. The van der Waals surface area contributed by atoms with E-state index in [9.17, 15) is 18.4 Å². The fourth-order valence-electron chi connectivity index (χ4n) is 1.60. The molecule has 0 saturated carbocycles. The quantitative estimate of drug-likeness (QED) is 0.900. The molecule has 0 atom stereocenters. The maximum absolute atomic E-state index is 13.3. The van der Waals surface area contributed by atoms with Gasteiger partial charge in [0.25, 0.3) is 5.91 Å². The molecule has 0 aliphatic heterocycles. The Bertz CT molecular complexity index is 556. The third kappa shape index (κ3) is 6.07. The van der Waals surface area contributed by atoms with Crippen molar-refractivity contribution in [2.24, 2.45) is 0 Å². The van der Waals surface area contributed by atoms with Gasteiger partial charge in [-0.25, -0.2) is 8.78 Å². The third-order valence-electron chi connectivity index (χ3n) is 2.57. The highest BCUT2D eigenvalue weighted by molar-refractivity contribution is 5.85. The van der Waals surface area contributed by atoms with Crippen molar-refractivity contribution in [2.45, 2.75) is 26.3 Å². The van der Waals surface area contributed by atoms with Crippen LogP contribution in [0, 0.1) is 11.6 Å². The molecule has 122 valence electrons. The lowest BCUT2D eigenvalue weighted by Gasteiger charge is -2.23.